The smallest absolute Gasteiger partial charge is 0.257 e. The number of rotatable bonds is 6. The van der Waals surface area contributed by atoms with Crippen LogP contribution in [0.1, 0.15) is 10.4 Å². The normalized spacial score (nSPS) is 14.7. The summed E-state index contributed by atoms with van der Waals surface area (Å²) in [5.41, 5.74) is -0.526. The Hall–Kier alpha value is -2.13. The molecule has 6 nitrogen and oxygen atoms in total. The van der Waals surface area contributed by atoms with E-state index in [1.54, 1.807) is 0 Å². The van der Waals surface area contributed by atoms with Gasteiger partial charge in [-0.15, -0.1) is 0 Å². The Labute approximate surface area is 143 Å². The van der Waals surface area contributed by atoms with Gasteiger partial charge in [0, 0.05) is 33.3 Å². The zero-order chi connectivity index (χ0) is 18.4. The van der Waals surface area contributed by atoms with E-state index in [-0.39, 0.29) is 38.7 Å². The van der Waals surface area contributed by atoms with Gasteiger partial charge in [0.1, 0.15) is 6.61 Å². The number of hydrogen-bond acceptors (Lipinski definition) is 4. The Bertz CT molecular complexity index is 634. The van der Waals surface area contributed by atoms with Crippen LogP contribution in [0, 0.1) is 17.5 Å². The summed E-state index contributed by atoms with van der Waals surface area (Å²) < 4.78 is 49.9. The number of amides is 2. The second-order valence-corrected chi connectivity index (χ2v) is 5.44. The quantitative estimate of drug-likeness (QED) is 0.562. The lowest BCUT2D eigenvalue weighted by atomic mass is 10.1. The fraction of sp³-hybridized carbons (Fsp3) is 0.500. The summed E-state index contributed by atoms with van der Waals surface area (Å²) in [7, 11) is 1.53. The Morgan fingerprint density at radius 2 is 1.64 bits per heavy atom. The first kappa shape index (κ1) is 19.2. The van der Waals surface area contributed by atoms with Gasteiger partial charge in [-0.2, -0.15) is 0 Å². The highest BCUT2D eigenvalue weighted by Gasteiger charge is 2.27. The molecule has 1 aromatic carbocycles. The maximum atomic E-state index is 13.7. The highest BCUT2D eigenvalue weighted by atomic mass is 19.2. The van der Waals surface area contributed by atoms with Gasteiger partial charge in [0.2, 0.25) is 5.91 Å². The summed E-state index contributed by atoms with van der Waals surface area (Å²) in [4.78, 5) is 27.0. The van der Waals surface area contributed by atoms with Crippen molar-refractivity contribution in [3.8, 4) is 0 Å². The van der Waals surface area contributed by atoms with E-state index >= 15 is 0 Å². The molecule has 25 heavy (non-hydrogen) atoms. The van der Waals surface area contributed by atoms with E-state index in [0.29, 0.717) is 19.3 Å². The summed E-state index contributed by atoms with van der Waals surface area (Å²) in [6.45, 7) is 1.44. The molecule has 0 radical (unpaired) electrons. The lowest BCUT2D eigenvalue weighted by Crippen LogP contribution is -2.51. The molecule has 9 heteroatoms. The molecule has 0 N–H and O–H groups in total. The monoisotopic (exact) mass is 360 g/mol. The Morgan fingerprint density at radius 1 is 1.00 bits per heavy atom. The summed E-state index contributed by atoms with van der Waals surface area (Å²) in [6, 6.07) is 1.63. The van der Waals surface area contributed by atoms with Crippen molar-refractivity contribution >= 4 is 11.8 Å². The molecule has 2 amide bonds. The van der Waals surface area contributed by atoms with Crippen molar-refractivity contribution in [2.75, 3.05) is 53.1 Å². The standard InChI is InChI=1S/C16H19F3N2O4/c1-24-8-9-25-10-13(22)20-4-6-21(7-5-20)16(23)11-2-3-12(17)15(19)14(11)18/h2-3H,4-10H2,1H3. The van der Waals surface area contributed by atoms with Crippen molar-refractivity contribution in [2.24, 2.45) is 0 Å². The third-order valence-electron chi connectivity index (χ3n) is 3.84. The molecule has 138 valence electrons. The third-order valence-corrected chi connectivity index (χ3v) is 3.84. The van der Waals surface area contributed by atoms with Gasteiger partial charge in [-0.1, -0.05) is 0 Å². The van der Waals surface area contributed by atoms with E-state index in [1.807, 2.05) is 0 Å². The maximum Gasteiger partial charge on any atom is 0.257 e. The van der Waals surface area contributed by atoms with Crippen molar-refractivity contribution < 1.29 is 32.2 Å². The summed E-state index contributed by atoms with van der Waals surface area (Å²) in [6.07, 6.45) is 0. The highest BCUT2D eigenvalue weighted by molar-refractivity contribution is 5.94. The van der Waals surface area contributed by atoms with Crippen LogP contribution >= 0.6 is 0 Å². The van der Waals surface area contributed by atoms with Gasteiger partial charge < -0.3 is 19.3 Å². The number of ether oxygens (including phenoxy) is 2. The van der Waals surface area contributed by atoms with E-state index < -0.39 is 28.9 Å². The SMILES string of the molecule is COCCOCC(=O)N1CCN(C(=O)c2ccc(F)c(F)c2F)CC1. The van der Waals surface area contributed by atoms with Gasteiger partial charge in [-0.05, 0) is 12.1 Å². The molecule has 0 atom stereocenters. The molecule has 0 spiro atoms. The summed E-state index contributed by atoms with van der Waals surface area (Å²) in [5, 5.41) is 0. The van der Waals surface area contributed by atoms with Crippen LogP contribution in [0.2, 0.25) is 0 Å². The summed E-state index contributed by atoms with van der Waals surface area (Å²) in [5.74, 6) is -5.48. The van der Waals surface area contributed by atoms with Gasteiger partial charge in [-0.25, -0.2) is 13.2 Å². The van der Waals surface area contributed by atoms with E-state index in [2.05, 4.69) is 0 Å². The minimum absolute atomic E-state index is 0.0882. The molecule has 0 aliphatic carbocycles. The predicted molar refractivity (Wildman–Crippen MR) is 81.5 cm³/mol. The summed E-state index contributed by atoms with van der Waals surface area (Å²) >= 11 is 0. The van der Waals surface area contributed by atoms with Crippen LogP contribution < -0.4 is 0 Å². The van der Waals surface area contributed by atoms with Gasteiger partial charge in [-0.3, -0.25) is 9.59 Å². The van der Waals surface area contributed by atoms with Crippen LogP contribution in [0.25, 0.3) is 0 Å². The zero-order valence-corrected chi connectivity index (χ0v) is 13.8. The number of benzene rings is 1. The van der Waals surface area contributed by atoms with Crippen molar-refractivity contribution in [3.05, 3.63) is 35.1 Å². The first-order chi connectivity index (χ1) is 12.0. The molecule has 0 aromatic heterocycles. The molecule has 1 fully saturated rings. The van der Waals surface area contributed by atoms with Crippen LogP contribution in [0.4, 0.5) is 13.2 Å². The topological polar surface area (TPSA) is 59.1 Å². The minimum Gasteiger partial charge on any atom is -0.382 e. The molecule has 1 saturated heterocycles. The molecule has 1 aliphatic rings. The Kier molecular flexibility index (Phi) is 6.77. The third kappa shape index (κ3) is 4.70. The van der Waals surface area contributed by atoms with Crippen molar-refractivity contribution in [1.82, 2.24) is 9.80 Å². The number of piperazine rings is 1. The number of halogens is 3. The predicted octanol–water partition coefficient (Wildman–Crippen LogP) is 1.05. The van der Waals surface area contributed by atoms with E-state index in [1.165, 1.54) is 16.9 Å². The van der Waals surface area contributed by atoms with Crippen molar-refractivity contribution in [2.45, 2.75) is 0 Å². The molecular weight excluding hydrogens is 341 g/mol. The van der Waals surface area contributed by atoms with Crippen LogP contribution in [-0.4, -0.2) is 74.7 Å². The van der Waals surface area contributed by atoms with Crippen LogP contribution in [0.3, 0.4) is 0 Å². The molecule has 1 aromatic rings. The molecule has 1 aliphatic heterocycles. The molecule has 0 saturated carbocycles. The van der Waals surface area contributed by atoms with Crippen molar-refractivity contribution in [3.63, 3.8) is 0 Å². The number of nitrogens with zero attached hydrogens (tertiary/aromatic N) is 2. The Morgan fingerprint density at radius 3 is 2.28 bits per heavy atom. The van der Waals surface area contributed by atoms with Gasteiger partial charge >= 0.3 is 0 Å². The van der Waals surface area contributed by atoms with Gasteiger partial charge in [0.15, 0.2) is 17.5 Å². The number of hydrogen-bond donors (Lipinski definition) is 0. The fourth-order valence-corrected chi connectivity index (χ4v) is 2.41. The van der Waals surface area contributed by atoms with E-state index in [4.69, 9.17) is 9.47 Å². The van der Waals surface area contributed by atoms with Gasteiger partial charge in [0.05, 0.1) is 18.8 Å². The van der Waals surface area contributed by atoms with Crippen molar-refractivity contribution in [1.29, 1.82) is 0 Å². The van der Waals surface area contributed by atoms with E-state index in [0.717, 1.165) is 6.07 Å². The second kappa shape index (κ2) is 8.82. The average Bonchev–Trinajstić information content (AvgIpc) is 2.63. The second-order valence-electron chi connectivity index (χ2n) is 5.44. The maximum absolute atomic E-state index is 13.7. The number of carbonyl (C=O) groups excluding carboxylic acids is 2. The molecule has 0 unspecified atom stereocenters. The minimum atomic E-state index is -1.67. The highest BCUT2D eigenvalue weighted by Crippen LogP contribution is 2.18. The van der Waals surface area contributed by atoms with E-state index in [9.17, 15) is 22.8 Å². The van der Waals surface area contributed by atoms with Gasteiger partial charge in [0.25, 0.3) is 5.91 Å². The molecular formula is C16H19F3N2O4. The first-order valence-electron chi connectivity index (χ1n) is 7.73. The van der Waals surface area contributed by atoms with Crippen LogP contribution in [-0.2, 0) is 14.3 Å². The zero-order valence-electron chi connectivity index (χ0n) is 13.8. The van der Waals surface area contributed by atoms with Crippen LogP contribution in [0.15, 0.2) is 12.1 Å². The lowest BCUT2D eigenvalue weighted by molar-refractivity contribution is -0.138. The first-order valence-corrected chi connectivity index (χ1v) is 7.73. The molecule has 1 heterocycles. The molecule has 0 bridgehead atoms. The lowest BCUT2D eigenvalue weighted by Gasteiger charge is -2.34. The Balaban J connectivity index is 1.88. The fourth-order valence-electron chi connectivity index (χ4n) is 2.41. The largest absolute Gasteiger partial charge is 0.382 e. The number of carbonyl (C=O) groups is 2. The average molecular weight is 360 g/mol. The molecule has 2 rings (SSSR count). The number of methoxy groups -OCH3 is 1. The van der Waals surface area contributed by atoms with Crippen LogP contribution in [0.5, 0.6) is 0 Å².